The molecule has 0 unspecified atom stereocenters. The summed E-state index contributed by atoms with van der Waals surface area (Å²) >= 11 is 0. The lowest BCUT2D eigenvalue weighted by Crippen LogP contribution is -2.13. The summed E-state index contributed by atoms with van der Waals surface area (Å²) in [6, 6.07) is 2.87. The molecule has 0 bridgehead atoms. The maximum atomic E-state index is 12.4. The van der Waals surface area contributed by atoms with E-state index < -0.39 is 23.3 Å². The molecule has 0 saturated carbocycles. The molecule has 0 amide bonds. The minimum Gasteiger partial charge on any atom is -0.478 e. The lowest BCUT2D eigenvalue weighted by Gasteiger charge is -2.11. The zero-order valence-corrected chi connectivity index (χ0v) is 7.72. The molecule has 3 nitrogen and oxygen atoms in total. The minimum absolute atomic E-state index is 0.320. The molecular weight excluding hydrogens is 211 g/mol. The van der Waals surface area contributed by atoms with Crippen molar-refractivity contribution >= 4 is 11.7 Å². The molecule has 15 heavy (non-hydrogen) atoms. The van der Waals surface area contributed by atoms with Crippen LogP contribution in [0.25, 0.3) is 0 Å². The first kappa shape index (κ1) is 11.4. The van der Waals surface area contributed by atoms with Crippen molar-refractivity contribution in [2.45, 2.75) is 6.18 Å². The van der Waals surface area contributed by atoms with Gasteiger partial charge in [0.05, 0.1) is 11.1 Å². The SMILES string of the molecule is CNc1ccc(C(F)(F)F)c(C(=O)O)c1. The Balaban J connectivity index is 3.34. The maximum Gasteiger partial charge on any atom is 0.417 e. The summed E-state index contributed by atoms with van der Waals surface area (Å²) in [5, 5.41) is 11.2. The van der Waals surface area contributed by atoms with Crippen LogP contribution in [0, 0.1) is 0 Å². The van der Waals surface area contributed by atoms with Gasteiger partial charge in [0, 0.05) is 12.7 Å². The third-order valence-electron chi connectivity index (χ3n) is 1.84. The first-order valence-corrected chi connectivity index (χ1v) is 3.98. The van der Waals surface area contributed by atoms with Gasteiger partial charge in [-0.3, -0.25) is 0 Å². The molecule has 0 aromatic heterocycles. The Morgan fingerprint density at radius 1 is 1.40 bits per heavy atom. The highest BCUT2D eigenvalue weighted by atomic mass is 19.4. The molecule has 0 atom stereocenters. The Morgan fingerprint density at radius 3 is 2.40 bits per heavy atom. The van der Waals surface area contributed by atoms with Gasteiger partial charge in [0.15, 0.2) is 0 Å². The summed E-state index contributed by atoms with van der Waals surface area (Å²) in [6.07, 6.45) is -4.65. The highest BCUT2D eigenvalue weighted by molar-refractivity contribution is 5.90. The second kappa shape index (κ2) is 3.80. The summed E-state index contributed by atoms with van der Waals surface area (Å²) in [5.41, 5.74) is -1.58. The van der Waals surface area contributed by atoms with Crippen molar-refractivity contribution in [3.05, 3.63) is 29.3 Å². The Hall–Kier alpha value is -1.72. The standard InChI is InChI=1S/C9H8F3NO2/c1-13-5-2-3-7(9(10,11)12)6(4-5)8(14)15/h2-4,13H,1H3,(H,14,15). The van der Waals surface area contributed by atoms with Crippen LogP contribution in [0.5, 0.6) is 0 Å². The van der Waals surface area contributed by atoms with Crippen LogP contribution in [0.15, 0.2) is 18.2 Å². The number of carbonyl (C=O) groups is 1. The summed E-state index contributed by atoms with van der Waals surface area (Å²) in [4.78, 5) is 10.6. The van der Waals surface area contributed by atoms with Gasteiger partial charge in [-0.25, -0.2) is 4.79 Å². The first-order valence-electron chi connectivity index (χ1n) is 3.98. The highest BCUT2D eigenvalue weighted by Crippen LogP contribution is 2.33. The van der Waals surface area contributed by atoms with E-state index in [1.165, 1.54) is 13.1 Å². The normalized spacial score (nSPS) is 11.2. The third kappa shape index (κ3) is 2.39. The van der Waals surface area contributed by atoms with Gasteiger partial charge < -0.3 is 10.4 Å². The van der Waals surface area contributed by atoms with E-state index in [4.69, 9.17) is 5.11 Å². The molecule has 0 aliphatic heterocycles. The van der Waals surface area contributed by atoms with Gasteiger partial charge in [0.2, 0.25) is 0 Å². The van der Waals surface area contributed by atoms with E-state index in [2.05, 4.69) is 5.32 Å². The van der Waals surface area contributed by atoms with Gasteiger partial charge >= 0.3 is 12.1 Å². The van der Waals surface area contributed by atoms with Gasteiger partial charge in [0.25, 0.3) is 0 Å². The van der Waals surface area contributed by atoms with Crippen molar-refractivity contribution < 1.29 is 23.1 Å². The fourth-order valence-corrected chi connectivity index (χ4v) is 1.12. The molecule has 6 heteroatoms. The fourth-order valence-electron chi connectivity index (χ4n) is 1.12. The highest BCUT2D eigenvalue weighted by Gasteiger charge is 2.35. The number of carboxylic acid groups (broad SMARTS) is 1. The number of halogens is 3. The van der Waals surface area contributed by atoms with Crippen LogP contribution in [0.1, 0.15) is 15.9 Å². The van der Waals surface area contributed by atoms with Crippen LogP contribution < -0.4 is 5.32 Å². The second-order valence-corrected chi connectivity index (χ2v) is 2.81. The number of hydrogen-bond acceptors (Lipinski definition) is 2. The van der Waals surface area contributed by atoms with Crippen LogP contribution >= 0.6 is 0 Å². The van der Waals surface area contributed by atoms with Gasteiger partial charge in [0.1, 0.15) is 0 Å². The first-order chi connectivity index (χ1) is 6.86. The summed E-state index contributed by atoms with van der Waals surface area (Å²) < 4.78 is 37.1. The molecule has 0 aliphatic rings. The Kier molecular flexibility index (Phi) is 2.88. The monoisotopic (exact) mass is 219 g/mol. The Labute approximate surface area is 83.5 Å². The van der Waals surface area contributed by atoms with Crippen LogP contribution in [-0.2, 0) is 6.18 Å². The predicted molar refractivity (Wildman–Crippen MR) is 48.0 cm³/mol. The third-order valence-corrected chi connectivity index (χ3v) is 1.84. The zero-order valence-electron chi connectivity index (χ0n) is 7.72. The summed E-state index contributed by atoms with van der Waals surface area (Å²) in [6.45, 7) is 0. The molecule has 1 aromatic carbocycles. The van der Waals surface area contributed by atoms with E-state index in [9.17, 15) is 18.0 Å². The largest absolute Gasteiger partial charge is 0.478 e. The van der Waals surface area contributed by atoms with Crippen molar-refractivity contribution in [2.24, 2.45) is 0 Å². The van der Waals surface area contributed by atoms with Gasteiger partial charge in [-0.1, -0.05) is 0 Å². The van der Waals surface area contributed by atoms with E-state index in [-0.39, 0.29) is 0 Å². The molecule has 0 radical (unpaired) electrons. The average Bonchev–Trinajstić information content (AvgIpc) is 2.15. The lowest BCUT2D eigenvalue weighted by molar-refractivity contribution is -0.138. The number of carboxylic acids is 1. The predicted octanol–water partition coefficient (Wildman–Crippen LogP) is 2.45. The van der Waals surface area contributed by atoms with E-state index >= 15 is 0 Å². The van der Waals surface area contributed by atoms with Gasteiger partial charge in [-0.15, -0.1) is 0 Å². The van der Waals surface area contributed by atoms with Crippen molar-refractivity contribution in [3.63, 3.8) is 0 Å². The molecule has 1 rings (SSSR count). The van der Waals surface area contributed by atoms with E-state index in [1.807, 2.05) is 0 Å². The molecule has 0 aliphatic carbocycles. The molecule has 0 saturated heterocycles. The number of hydrogen-bond donors (Lipinski definition) is 2. The number of anilines is 1. The zero-order chi connectivity index (χ0) is 11.6. The number of nitrogens with one attached hydrogen (secondary N) is 1. The van der Waals surface area contributed by atoms with Crippen LogP contribution in [-0.4, -0.2) is 18.1 Å². The molecule has 1 aromatic rings. The Bertz CT molecular complexity index is 387. The van der Waals surface area contributed by atoms with Crippen molar-refractivity contribution in [1.82, 2.24) is 0 Å². The maximum absolute atomic E-state index is 12.4. The van der Waals surface area contributed by atoms with E-state index in [0.717, 1.165) is 12.1 Å². The van der Waals surface area contributed by atoms with Crippen LogP contribution in [0.2, 0.25) is 0 Å². The molecule has 0 heterocycles. The summed E-state index contributed by atoms with van der Waals surface area (Å²) in [7, 11) is 1.49. The van der Waals surface area contributed by atoms with Crippen molar-refractivity contribution in [2.75, 3.05) is 12.4 Å². The minimum atomic E-state index is -4.65. The average molecular weight is 219 g/mol. The van der Waals surface area contributed by atoms with Crippen molar-refractivity contribution in [3.8, 4) is 0 Å². The van der Waals surface area contributed by atoms with Crippen LogP contribution in [0.4, 0.5) is 18.9 Å². The molecular formula is C9H8F3NO2. The van der Waals surface area contributed by atoms with E-state index in [0.29, 0.717) is 5.69 Å². The fraction of sp³-hybridized carbons (Fsp3) is 0.222. The number of alkyl halides is 3. The molecule has 0 spiro atoms. The molecule has 0 fully saturated rings. The molecule has 82 valence electrons. The number of aromatic carboxylic acids is 1. The van der Waals surface area contributed by atoms with Gasteiger partial charge in [-0.2, -0.15) is 13.2 Å². The topological polar surface area (TPSA) is 49.3 Å². The lowest BCUT2D eigenvalue weighted by atomic mass is 10.1. The second-order valence-electron chi connectivity index (χ2n) is 2.81. The van der Waals surface area contributed by atoms with Crippen LogP contribution in [0.3, 0.4) is 0 Å². The Morgan fingerprint density at radius 2 is 2.00 bits per heavy atom. The quantitative estimate of drug-likeness (QED) is 0.803. The van der Waals surface area contributed by atoms with E-state index in [1.54, 1.807) is 0 Å². The molecule has 2 N–H and O–H groups in total. The summed E-state index contributed by atoms with van der Waals surface area (Å²) in [5.74, 6) is -1.60. The smallest absolute Gasteiger partial charge is 0.417 e. The number of benzene rings is 1. The van der Waals surface area contributed by atoms with Gasteiger partial charge in [-0.05, 0) is 18.2 Å². The van der Waals surface area contributed by atoms with Crippen molar-refractivity contribution in [1.29, 1.82) is 0 Å². The number of rotatable bonds is 2.